The topological polar surface area (TPSA) is 75.9 Å². The van der Waals surface area contributed by atoms with Gasteiger partial charge in [0.05, 0.1) is 5.69 Å². The number of aryl methyl sites for hydroxylation is 1. The zero-order valence-electron chi connectivity index (χ0n) is 17.6. The van der Waals surface area contributed by atoms with Crippen LogP contribution in [0, 0.1) is 13.8 Å². The molecule has 0 aliphatic carbocycles. The van der Waals surface area contributed by atoms with Crippen molar-refractivity contribution in [1.82, 2.24) is 25.1 Å². The molecular weight excluding hydrogens is 396 g/mol. The Hall–Kier alpha value is -2.74. The van der Waals surface area contributed by atoms with Crippen LogP contribution in [0.2, 0.25) is 0 Å². The number of amides is 1. The molecule has 0 atom stereocenters. The predicted molar refractivity (Wildman–Crippen MR) is 119 cm³/mol. The summed E-state index contributed by atoms with van der Waals surface area (Å²) in [4.78, 5) is 24.7. The molecule has 30 heavy (non-hydrogen) atoms. The van der Waals surface area contributed by atoms with Crippen molar-refractivity contribution >= 4 is 23.1 Å². The lowest BCUT2D eigenvalue weighted by Gasteiger charge is -2.16. The average Bonchev–Trinajstić information content (AvgIpc) is 3.50. The van der Waals surface area contributed by atoms with E-state index < -0.39 is 0 Å². The summed E-state index contributed by atoms with van der Waals surface area (Å²) >= 11 is 1.72. The maximum absolute atomic E-state index is 12.3. The minimum Gasteiger partial charge on any atom is -0.356 e. The van der Waals surface area contributed by atoms with Gasteiger partial charge >= 0.3 is 0 Å². The minimum absolute atomic E-state index is 0.0801. The van der Waals surface area contributed by atoms with Crippen LogP contribution in [0.5, 0.6) is 0 Å². The van der Waals surface area contributed by atoms with Gasteiger partial charge in [0.1, 0.15) is 12.1 Å². The number of hydrogen-bond donors (Lipinski definition) is 1. The molecule has 1 fully saturated rings. The summed E-state index contributed by atoms with van der Waals surface area (Å²) < 4.78 is 1.88. The van der Waals surface area contributed by atoms with Crippen LogP contribution < -0.4 is 10.2 Å². The highest BCUT2D eigenvalue weighted by molar-refractivity contribution is 7.09. The highest BCUT2D eigenvalue weighted by Gasteiger charge is 2.18. The summed E-state index contributed by atoms with van der Waals surface area (Å²) in [7, 11) is 0. The molecule has 3 aromatic rings. The summed E-state index contributed by atoms with van der Waals surface area (Å²) in [6.07, 6.45) is 6.04. The Balaban J connectivity index is 1.38. The molecule has 4 heterocycles. The van der Waals surface area contributed by atoms with Crippen molar-refractivity contribution in [3.8, 4) is 5.82 Å². The third kappa shape index (κ3) is 4.70. The molecule has 1 N–H and O–H groups in total. The van der Waals surface area contributed by atoms with Gasteiger partial charge in [-0.1, -0.05) is 6.07 Å². The zero-order valence-corrected chi connectivity index (χ0v) is 18.4. The zero-order chi connectivity index (χ0) is 20.9. The first-order valence-electron chi connectivity index (χ1n) is 10.5. The molecule has 158 valence electrons. The first-order chi connectivity index (χ1) is 14.6. The number of rotatable bonds is 8. The van der Waals surface area contributed by atoms with E-state index >= 15 is 0 Å². The number of hydrogen-bond acceptors (Lipinski definition) is 6. The van der Waals surface area contributed by atoms with Crippen molar-refractivity contribution in [2.24, 2.45) is 0 Å². The lowest BCUT2D eigenvalue weighted by molar-refractivity contribution is -0.121. The fourth-order valence-electron chi connectivity index (χ4n) is 3.94. The normalized spacial score (nSPS) is 13.7. The van der Waals surface area contributed by atoms with E-state index in [9.17, 15) is 4.79 Å². The quantitative estimate of drug-likeness (QED) is 0.601. The van der Waals surface area contributed by atoms with Crippen molar-refractivity contribution in [2.75, 3.05) is 24.5 Å². The van der Waals surface area contributed by atoms with Gasteiger partial charge in [0.25, 0.3) is 0 Å². The van der Waals surface area contributed by atoms with Gasteiger partial charge in [-0.05, 0) is 56.5 Å². The van der Waals surface area contributed by atoms with Crippen molar-refractivity contribution in [3.05, 3.63) is 51.7 Å². The van der Waals surface area contributed by atoms with E-state index in [1.54, 1.807) is 17.7 Å². The van der Waals surface area contributed by atoms with Gasteiger partial charge in [0.15, 0.2) is 5.82 Å². The standard InChI is InChI=1S/C22H28N6OS/c1-16-19(7-8-22(29)23-10-9-18-6-5-13-30-18)17(2)28(26-16)21-14-20(24-15-25-21)27-11-3-4-12-27/h5-6,13-15H,3-4,7-12H2,1-2H3,(H,23,29). The average molecular weight is 425 g/mol. The van der Waals surface area contributed by atoms with Crippen molar-refractivity contribution in [1.29, 1.82) is 0 Å². The first-order valence-corrected chi connectivity index (χ1v) is 11.4. The predicted octanol–water partition coefficient (Wildman–Crippen LogP) is 3.23. The molecule has 1 amide bonds. The maximum Gasteiger partial charge on any atom is 0.220 e. The molecule has 0 spiro atoms. The van der Waals surface area contributed by atoms with Crippen LogP contribution in [0.3, 0.4) is 0 Å². The van der Waals surface area contributed by atoms with Crippen LogP contribution in [-0.2, 0) is 17.6 Å². The van der Waals surface area contributed by atoms with E-state index in [4.69, 9.17) is 5.10 Å². The lowest BCUT2D eigenvalue weighted by atomic mass is 10.1. The number of thiophene rings is 1. The molecule has 1 aliphatic heterocycles. The Kier molecular flexibility index (Phi) is 6.42. The number of aromatic nitrogens is 4. The lowest BCUT2D eigenvalue weighted by Crippen LogP contribution is -2.25. The first kappa shape index (κ1) is 20.5. The Morgan fingerprint density at radius 3 is 2.73 bits per heavy atom. The summed E-state index contributed by atoms with van der Waals surface area (Å²) in [5.74, 6) is 1.81. The molecule has 7 nitrogen and oxygen atoms in total. The Labute approximate surface area is 181 Å². The highest BCUT2D eigenvalue weighted by atomic mass is 32.1. The van der Waals surface area contributed by atoms with E-state index in [-0.39, 0.29) is 5.91 Å². The molecule has 0 unspecified atom stereocenters. The van der Waals surface area contributed by atoms with E-state index in [1.165, 1.54) is 17.7 Å². The van der Waals surface area contributed by atoms with Gasteiger partial charge in [-0.2, -0.15) is 5.10 Å². The second-order valence-corrected chi connectivity index (χ2v) is 8.70. The molecule has 1 aliphatic rings. The SMILES string of the molecule is Cc1nn(-c2cc(N3CCCC3)ncn2)c(C)c1CCC(=O)NCCc1cccs1. The van der Waals surface area contributed by atoms with Crippen LogP contribution in [0.1, 0.15) is 41.1 Å². The second-order valence-electron chi connectivity index (χ2n) is 7.67. The largest absolute Gasteiger partial charge is 0.356 e. The Bertz CT molecular complexity index is 991. The number of nitrogens with zero attached hydrogens (tertiary/aromatic N) is 5. The molecule has 1 saturated heterocycles. The minimum atomic E-state index is 0.0801. The number of anilines is 1. The van der Waals surface area contributed by atoms with Crippen LogP contribution in [0.15, 0.2) is 29.9 Å². The van der Waals surface area contributed by atoms with Gasteiger partial charge in [0, 0.05) is 42.7 Å². The number of carbonyl (C=O) groups is 1. The fourth-order valence-corrected chi connectivity index (χ4v) is 4.65. The molecule has 0 aromatic carbocycles. The van der Waals surface area contributed by atoms with Gasteiger partial charge in [-0.3, -0.25) is 4.79 Å². The van der Waals surface area contributed by atoms with E-state index in [2.05, 4.69) is 31.6 Å². The molecular formula is C22H28N6OS. The molecule has 3 aromatic heterocycles. The molecule has 8 heteroatoms. The maximum atomic E-state index is 12.3. The molecule has 4 rings (SSSR count). The molecule has 0 saturated carbocycles. The third-order valence-corrected chi connectivity index (χ3v) is 6.54. The van der Waals surface area contributed by atoms with Crippen molar-refractivity contribution < 1.29 is 4.79 Å². The third-order valence-electron chi connectivity index (χ3n) is 5.60. The fraction of sp³-hybridized carbons (Fsp3) is 0.455. The Morgan fingerprint density at radius 1 is 1.17 bits per heavy atom. The van der Waals surface area contributed by atoms with Crippen LogP contribution >= 0.6 is 11.3 Å². The van der Waals surface area contributed by atoms with Crippen LogP contribution in [0.4, 0.5) is 5.82 Å². The number of carbonyl (C=O) groups excluding carboxylic acids is 1. The highest BCUT2D eigenvalue weighted by Crippen LogP contribution is 2.22. The van der Waals surface area contributed by atoms with Gasteiger partial charge in [-0.15, -0.1) is 11.3 Å². The van der Waals surface area contributed by atoms with E-state index in [0.29, 0.717) is 19.4 Å². The van der Waals surface area contributed by atoms with Gasteiger partial charge in [-0.25, -0.2) is 14.6 Å². The summed E-state index contributed by atoms with van der Waals surface area (Å²) in [5.41, 5.74) is 3.09. The number of nitrogens with one attached hydrogen (secondary N) is 1. The van der Waals surface area contributed by atoms with Gasteiger partial charge in [0.2, 0.25) is 5.91 Å². The summed E-state index contributed by atoms with van der Waals surface area (Å²) in [6.45, 7) is 6.80. The van der Waals surface area contributed by atoms with E-state index in [1.807, 2.05) is 30.7 Å². The summed E-state index contributed by atoms with van der Waals surface area (Å²) in [6, 6.07) is 6.14. The smallest absolute Gasteiger partial charge is 0.220 e. The Morgan fingerprint density at radius 2 is 1.97 bits per heavy atom. The monoisotopic (exact) mass is 424 g/mol. The van der Waals surface area contributed by atoms with Crippen molar-refractivity contribution in [3.63, 3.8) is 0 Å². The van der Waals surface area contributed by atoms with E-state index in [0.717, 1.165) is 48.1 Å². The van der Waals surface area contributed by atoms with Crippen LogP contribution in [0.25, 0.3) is 5.82 Å². The van der Waals surface area contributed by atoms with Gasteiger partial charge < -0.3 is 10.2 Å². The molecule has 0 radical (unpaired) electrons. The van der Waals surface area contributed by atoms with Crippen molar-refractivity contribution in [2.45, 2.75) is 46.0 Å². The second kappa shape index (κ2) is 9.38. The van der Waals surface area contributed by atoms with Crippen LogP contribution in [-0.4, -0.2) is 45.3 Å². The summed E-state index contributed by atoms with van der Waals surface area (Å²) in [5, 5.41) is 9.78. The molecule has 0 bridgehead atoms.